The Hall–Kier alpha value is -3.10. The number of aromatic nitrogens is 4. The van der Waals surface area contributed by atoms with Gasteiger partial charge in [-0.25, -0.2) is 18.9 Å². The summed E-state index contributed by atoms with van der Waals surface area (Å²) in [5.41, 5.74) is 2.89. The Morgan fingerprint density at radius 1 is 1.16 bits per heavy atom. The fourth-order valence-electron chi connectivity index (χ4n) is 3.14. The second-order valence-electron chi connectivity index (χ2n) is 6.84. The fourth-order valence-corrected chi connectivity index (χ4v) is 4.16. The Morgan fingerprint density at radius 3 is 2.71 bits per heavy atom. The number of benzene rings is 2. The molecule has 31 heavy (non-hydrogen) atoms. The van der Waals surface area contributed by atoms with Gasteiger partial charge in [0.2, 0.25) is 5.91 Å². The molecule has 2 aromatic heterocycles. The van der Waals surface area contributed by atoms with E-state index in [9.17, 15) is 9.59 Å². The highest BCUT2D eigenvalue weighted by Gasteiger charge is 2.15. The van der Waals surface area contributed by atoms with Crippen LogP contribution < -0.4 is 11.0 Å². The van der Waals surface area contributed by atoms with Crippen molar-refractivity contribution in [2.24, 2.45) is 0 Å². The highest BCUT2D eigenvalue weighted by atomic mass is 35.5. The molecule has 0 saturated heterocycles. The number of hydrogen-bond acceptors (Lipinski definition) is 5. The third-order valence-electron chi connectivity index (χ3n) is 4.72. The molecule has 0 spiro atoms. The first-order chi connectivity index (χ1) is 15.0. The molecule has 4 rings (SSSR count). The van der Waals surface area contributed by atoms with Gasteiger partial charge >= 0.3 is 5.69 Å². The molecule has 0 atom stereocenters. The maximum atomic E-state index is 12.7. The van der Waals surface area contributed by atoms with E-state index in [1.54, 1.807) is 12.4 Å². The van der Waals surface area contributed by atoms with Crippen LogP contribution >= 0.6 is 23.4 Å². The Bertz CT molecular complexity index is 1280. The minimum absolute atomic E-state index is 0.181. The van der Waals surface area contributed by atoms with Gasteiger partial charge in [-0.3, -0.25) is 4.79 Å². The zero-order chi connectivity index (χ0) is 21.8. The predicted molar refractivity (Wildman–Crippen MR) is 123 cm³/mol. The van der Waals surface area contributed by atoms with Crippen LogP contribution in [0.1, 0.15) is 18.1 Å². The molecule has 0 saturated carbocycles. The number of fused-ring (bicyclic) bond motifs is 1. The van der Waals surface area contributed by atoms with Crippen LogP contribution in [0.4, 0.5) is 5.69 Å². The number of thioether (sulfide) groups is 1. The first kappa shape index (κ1) is 21.1. The third kappa shape index (κ3) is 4.81. The summed E-state index contributed by atoms with van der Waals surface area (Å²) in [5.74, 6) is 0.342. The summed E-state index contributed by atoms with van der Waals surface area (Å²) >= 11 is 7.40. The van der Waals surface area contributed by atoms with E-state index in [-0.39, 0.29) is 18.1 Å². The zero-order valence-corrected chi connectivity index (χ0v) is 18.4. The van der Waals surface area contributed by atoms with E-state index in [0.717, 1.165) is 27.9 Å². The molecule has 0 aliphatic rings. The molecule has 0 radical (unpaired) electrons. The molecule has 4 aromatic rings. The van der Waals surface area contributed by atoms with E-state index in [4.69, 9.17) is 11.6 Å². The summed E-state index contributed by atoms with van der Waals surface area (Å²) in [6, 6.07) is 15.2. The number of amides is 1. The van der Waals surface area contributed by atoms with Gasteiger partial charge in [-0.15, -0.1) is 5.10 Å². The smallest absolute Gasteiger partial charge is 0.324 e. The minimum Gasteiger partial charge on any atom is -0.324 e. The maximum Gasteiger partial charge on any atom is 0.350 e. The lowest BCUT2D eigenvalue weighted by atomic mass is 10.1. The number of halogens is 1. The molecule has 1 amide bonds. The van der Waals surface area contributed by atoms with Crippen molar-refractivity contribution in [3.63, 3.8) is 0 Å². The SMILES string of the molecule is CCc1ccccc1NC(=O)Cn1nc2c(SCc3ccc(Cl)cc3)nccn2c1=O. The molecule has 7 nitrogen and oxygen atoms in total. The van der Waals surface area contributed by atoms with Crippen molar-refractivity contribution in [2.45, 2.75) is 30.7 Å². The second kappa shape index (κ2) is 9.36. The highest BCUT2D eigenvalue weighted by Crippen LogP contribution is 2.24. The lowest BCUT2D eigenvalue weighted by molar-refractivity contribution is -0.117. The summed E-state index contributed by atoms with van der Waals surface area (Å²) in [7, 11) is 0. The molecule has 0 aliphatic carbocycles. The topological polar surface area (TPSA) is 81.3 Å². The van der Waals surface area contributed by atoms with Gasteiger partial charge in [-0.1, -0.05) is 60.6 Å². The van der Waals surface area contributed by atoms with Crippen LogP contribution in [0.25, 0.3) is 5.65 Å². The molecule has 9 heteroatoms. The molecule has 2 heterocycles. The summed E-state index contributed by atoms with van der Waals surface area (Å²) in [6.07, 6.45) is 3.91. The van der Waals surface area contributed by atoms with Crippen molar-refractivity contribution in [1.82, 2.24) is 19.2 Å². The number of anilines is 1. The monoisotopic (exact) mass is 453 g/mol. The Labute approximate surface area is 188 Å². The summed E-state index contributed by atoms with van der Waals surface area (Å²) < 4.78 is 2.57. The molecule has 0 bridgehead atoms. The molecular weight excluding hydrogens is 434 g/mol. The van der Waals surface area contributed by atoms with Crippen molar-refractivity contribution in [1.29, 1.82) is 0 Å². The van der Waals surface area contributed by atoms with E-state index in [0.29, 0.717) is 21.4 Å². The van der Waals surface area contributed by atoms with Gasteiger partial charge in [0, 0.05) is 28.9 Å². The van der Waals surface area contributed by atoms with E-state index in [2.05, 4.69) is 15.4 Å². The van der Waals surface area contributed by atoms with Crippen molar-refractivity contribution < 1.29 is 4.79 Å². The average molecular weight is 454 g/mol. The molecule has 0 aliphatic heterocycles. The summed E-state index contributed by atoms with van der Waals surface area (Å²) in [4.78, 5) is 29.6. The molecule has 158 valence electrons. The largest absolute Gasteiger partial charge is 0.350 e. The van der Waals surface area contributed by atoms with Crippen LogP contribution in [0, 0.1) is 0 Å². The van der Waals surface area contributed by atoms with Gasteiger partial charge in [0.05, 0.1) is 0 Å². The van der Waals surface area contributed by atoms with Crippen LogP contribution in [-0.4, -0.2) is 25.1 Å². The van der Waals surface area contributed by atoms with Crippen LogP contribution in [0.2, 0.25) is 5.02 Å². The Kier molecular flexibility index (Phi) is 6.39. The van der Waals surface area contributed by atoms with Gasteiger partial charge in [0.1, 0.15) is 11.6 Å². The number of para-hydroxylation sites is 1. The standard InChI is InChI=1S/C22H20ClN5O2S/c1-2-16-5-3-4-6-18(16)25-19(29)13-28-22(30)27-12-11-24-21(20(27)26-28)31-14-15-7-9-17(23)10-8-15/h3-12H,2,13-14H2,1H3,(H,25,29). The van der Waals surface area contributed by atoms with Gasteiger partial charge in [-0.2, -0.15) is 0 Å². The lowest BCUT2D eigenvalue weighted by Gasteiger charge is -2.09. The van der Waals surface area contributed by atoms with Crippen LogP contribution in [-0.2, 0) is 23.5 Å². The molecule has 1 N–H and O–H groups in total. The first-order valence-electron chi connectivity index (χ1n) is 9.74. The van der Waals surface area contributed by atoms with Crippen molar-refractivity contribution in [2.75, 3.05) is 5.32 Å². The predicted octanol–water partition coefficient (Wildman–Crippen LogP) is 4.04. The Morgan fingerprint density at radius 2 is 1.94 bits per heavy atom. The van der Waals surface area contributed by atoms with Gasteiger partial charge in [0.25, 0.3) is 0 Å². The maximum absolute atomic E-state index is 12.7. The Balaban J connectivity index is 1.53. The normalized spacial score (nSPS) is 11.0. The number of rotatable bonds is 7. The van der Waals surface area contributed by atoms with E-state index < -0.39 is 0 Å². The second-order valence-corrected chi connectivity index (χ2v) is 8.24. The lowest BCUT2D eigenvalue weighted by Crippen LogP contribution is -2.28. The number of carbonyl (C=O) groups excluding carboxylic acids is 1. The summed E-state index contributed by atoms with van der Waals surface area (Å²) in [6.45, 7) is 1.84. The molecule has 0 fully saturated rings. The minimum atomic E-state index is -0.385. The van der Waals surface area contributed by atoms with Gasteiger partial charge in [-0.05, 0) is 35.7 Å². The number of nitrogens with zero attached hydrogens (tertiary/aromatic N) is 4. The molecule has 0 unspecified atom stereocenters. The van der Waals surface area contributed by atoms with E-state index >= 15 is 0 Å². The van der Waals surface area contributed by atoms with Gasteiger partial charge < -0.3 is 5.32 Å². The third-order valence-corrected chi connectivity index (χ3v) is 6.01. The summed E-state index contributed by atoms with van der Waals surface area (Å²) in [5, 5.41) is 8.53. The van der Waals surface area contributed by atoms with E-state index in [1.807, 2.05) is 55.5 Å². The van der Waals surface area contributed by atoms with E-state index in [1.165, 1.54) is 16.2 Å². The average Bonchev–Trinajstić information content (AvgIpc) is 3.09. The van der Waals surface area contributed by atoms with Crippen molar-refractivity contribution >= 4 is 40.6 Å². The number of carbonyl (C=O) groups is 1. The first-order valence-corrected chi connectivity index (χ1v) is 11.1. The van der Waals surface area contributed by atoms with Crippen LogP contribution in [0.15, 0.2) is 70.7 Å². The number of aryl methyl sites for hydroxylation is 1. The number of hydrogen-bond donors (Lipinski definition) is 1. The fraction of sp³-hybridized carbons (Fsp3) is 0.182. The quantitative estimate of drug-likeness (QED) is 0.427. The van der Waals surface area contributed by atoms with Gasteiger partial charge in [0.15, 0.2) is 5.65 Å². The molecule has 2 aromatic carbocycles. The number of nitrogens with one attached hydrogen (secondary N) is 1. The van der Waals surface area contributed by atoms with Crippen LogP contribution in [0.5, 0.6) is 0 Å². The highest BCUT2D eigenvalue weighted by molar-refractivity contribution is 7.98. The van der Waals surface area contributed by atoms with Crippen molar-refractivity contribution in [3.05, 3.63) is 87.6 Å². The zero-order valence-electron chi connectivity index (χ0n) is 16.8. The molecular formula is C22H20ClN5O2S. The van der Waals surface area contributed by atoms with Crippen molar-refractivity contribution in [3.8, 4) is 0 Å². The van der Waals surface area contributed by atoms with Crippen LogP contribution in [0.3, 0.4) is 0 Å².